The van der Waals surface area contributed by atoms with Crippen molar-refractivity contribution >= 4 is 28.2 Å². The van der Waals surface area contributed by atoms with E-state index < -0.39 is 0 Å². The van der Waals surface area contributed by atoms with Gasteiger partial charge < -0.3 is 10.2 Å². The summed E-state index contributed by atoms with van der Waals surface area (Å²) in [5.41, 5.74) is 1.98. The summed E-state index contributed by atoms with van der Waals surface area (Å²) < 4.78 is 0. The van der Waals surface area contributed by atoms with E-state index in [1.807, 2.05) is 24.4 Å². The Bertz CT molecular complexity index is 596. The van der Waals surface area contributed by atoms with E-state index in [0.29, 0.717) is 11.1 Å². The summed E-state index contributed by atoms with van der Waals surface area (Å²) in [6.07, 6.45) is 4.18. The largest absolute Gasteiger partial charge is 0.382 e. The first kappa shape index (κ1) is 17.0. The predicted octanol–water partition coefficient (Wildman–Crippen LogP) is 4.81. The molecule has 1 atom stereocenters. The van der Waals surface area contributed by atoms with Crippen LogP contribution >= 0.6 is 11.6 Å². The predicted molar refractivity (Wildman–Crippen MR) is 96.9 cm³/mol. The molecule has 120 valence electrons. The van der Waals surface area contributed by atoms with Gasteiger partial charge in [0.1, 0.15) is 0 Å². The number of benzene rings is 1. The van der Waals surface area contributed by atoms with E-state index in [1.165, 1.54) is 13.0 Å². The van der Waals surface area contributed by atoms with Gasteiger partial charge in [-0.05, 0) is 51.5 Å². The molecular weight excluding hydrogens is 294 g/mol. The Hall–Kier alpha value is -1.32. The molecule has 0 unspecified atom stereocenters. The summed E-state index contributed by atoms with van der Waals surface area (Å²) in [4.78, 5) is 6.84. The number of anilines is 1. The van der Waals surface area contributed by atoms with Gasteiger partial charge in [0, 0.05) is 23.3 Å². The number of para-hydroxylation sites is 1. The van der Waals surface area contributed by atoms with Gasteiger partial charge in [-0.25, -0.2) is 0 Å². The van der Waals surface area contributed by atoms with Gasteiger partial charge in [-0.1, -0.05) is 37.6 Å². The molecule has 4 heteroatoms. The maximum Gasteiger partial charge on any atom is 0.0908 e. The molecule has 0 aliphatic rings. The van der Waals surface area contributed by atoms with Gasteiger partial charge >= 0.3 is 0 Å². The molecule has 2 aromatic rings. The second-order valence-corrected chi connectivity index (χ2v) is 6.12. The Labute approximate surface area is 138 Å². The second kappa shape index (κ2) is 8.35. The van der Waals surface area contributed by atoms with Crippen molar-refractivity contribution in [2.24, 2.45) is 0 Å². The minimum atomic E-state index is 0.431. The molecule has 0 aliphatic carbocycles. The Balaban J connectivity index is 1.97. The van der Waals surface area contributed by atoms with E-state index in [0.717, 1.165) is 36.1 Å². The number of nitrogens with zero attached hydrogens (tertiary/aromatic N) is 2. The van der Waals surface area contributed by atoms with Crippen molar-refractivity contribution in [2.75, 3.05) is 25.0 Å². The lowest BCUT2D eigenvalue weighted by atomic mass is 10.1. The second-order valence-electron chi connectivity index (χ2n) is 5.71. The van der Waals surface area contributed by atoms with E-state index in [4.69, 9.17) is 11.6 Å². The molecule has 0 spiro atoms. The van der Waals surface area contributed by atoms with Crippen molar-refractivity contribution in [1.82, 2.24) is 9.88 Å². The third-order valence-corrected chi connectivity index (χ3v) is 4.43. The lowest BCUT2D eigenvalue weighted by Gasteiger charge is -2.20. The summed E-state index contributed by atoms with van der Waals surface area (Å²) >= 11 is 6.22. The van der Waals surface area contributed by atoms with Gasteiger partial charge in [-0.2, -0.15) is 0 Å². The summed E-state index contributed by atoms with van der Waals surface area (Å²) in [6, 6.07) is 8.38. The van der Waals surface area contributed by atoms with Crippen molar-refractivity contribution in [1.29, 1.82) is 0 Å². The SMILES string of the molecule is CCN(CC)CCC[C@H](C)Nc1ccnc2c(Cl)cccc12. The van der Waals surface area contributed by atoms with Crippen molar-refractivity contribution < 1.29 is 0 Å². The van der Waals surface area contributed by atoms with Gasteiger partial charge in [0.25, 0.3) is 0 Å². The van der Waals surface area contributed by atoms with Crippen LogP contribution in [-0.4, -0.2) is 35.6 Å². The molecule has 0 bridgehead atoms. The first-order chi connectivity index (χ1) is 10.7. The summed E-state index contributed by atoms with van der Waals surface area (Å²) in [6.45, 7) is 10.1. The third-order valence-electron chi connectivity index (χ3n) is 4.13. The highest BCUT2D eigenvalue weighted by molar-refractivity contribution is 6.35. The highest BCUT2D eigenvalue weighted by atomic mass is 35.5. The van der Waals surface area contributed by atoms with Crippen LogP contribution < -0.4 is 5.32 Å². The maximum absolute atomic E-state index is 6.22. The number of pyridine rings is 1. The highest BCUT2D eigenvalue weighted by Crippen LogP contribution is 2.27. The minimum absolute atomic E-state index is 0.431. The molecular formula is C18H26ClN3. The number of nitrogens with one attached hydrogen (secondary N) is 1. The van der Waals surface area contributed by atoms with Gasteiger partial charge in [-0.3, -0.25) is 4.98 Å². The zero-order valence-electron chi connectivity index (χ0n) is 13.8. The van der Waals surface area contributed by atoms with Crippen molar-refractivity contribution in [3.63, 3.8) is 0 Å². The minimum Gasteiger partial charge on any atom is -0.382 e. The Morgan fingerprint density at radius 1 is 1.23 bits per heavy atom. The van der Waals surface area contributed by atoms with Crippen LogP contribution in [0.4, 0.5) is 5.69 Å². The van der Waals surface area contributed by atoms with Crippen molar-refractivity contribution in [2.45, 2.75) is 39.7 Å². The van der Waals surface area contributed by atoms with Crippen LogP contribution in [0.1, 0.15) is 33.6 Å². The molecule has 1 aromatic heterocycles. The lowest BCUT2D eigenvalue weighted by Crippen LogP contribution is -2.25. The van der Waals surface area contributed by atoms with Gasteiger partial charge in [-0.15, -0.1) is 0 Å². The molecule has 0 amide bonds. The third kappa shape index (κ3) is 4.34. The molecule has 0 saturated heterocycles. The average molecular weight is 320 g/mol. The van der Waals surface area contributed by atoms with Crippen LogP contribution in [0.3, 0.4) is 0 Å². The molecule has 1 aromatic carbocycles. The molecule has 22 heavy (non-hydrogen) atoms. The summed E-state index contributed by atoms with van der Waals surface area (Å²) in [5, 5.41) is 5.40. The normalized spacial score (nSPS) is 12.8. The van der Waals surface area contributed by atoms with Gasteiger partial charge in [0.2, 0.25) is 0 Å². The Kier molecular flexibility index (Phi) is 6.47. The zero-order chi connectivity index (χ0) is 15.9. The van der Waals surface area contributed by atoms with Crippen LogP contribution in [0.2, 0.25) is 5.02 Å². The van der Waals surface area contributed by atoms with Crippen LogP contribution in [0.5, 0.6) is 0 Å². The van der Waals surface area contributed by atoms with Crippen LogP contribution in [0.15, 0.2) is 30.5 Å². The van der Waals surface area contributed by atoms with E-state index in [-0.39, 0.29) is 0 Å². The van der Waals surface area contributed by atoms with Crippen molar-refractivity contribution in [3.05, 3.63) is 35.5 Å². The fourth-order valence-electron chi connectivity index (χ4n) is 2.76. The number of aromatic nitrogens is 1. The fraction of sp³-hybridized carbons (Fsp3) is 0.500. The van der Waals surface area contributed by atoms with E-state index in [9.17, 15) is 0 Å². The Morgan fingerprint density at radius 3 is 2.73 bits per heavy atom. The summed E-state index contributed by atoms with van der Waals surface area (Å²) in [7, 11) is 0. The maximum atomic E-state index is 6.22. The average Bonchev–Trinajstić information content (AvgIpc) is 2.53. The molecule has 1 heterocycles. The summed E-state index contributed by atoms with van der Waals surface area (Å²) in [5.74, 6) is 0. The van der Waals surface area contributed by atoms with E-state index in [1.54, 1.807) is 0 Å². The van der Waals surface area contributed by atoms with Crippen LogP contribution in [0, 0.1) is 0 Å². The molecule has 0 aliphatic heterocycles. The molecule has 0 radical (unpaired) electrons. The molecule has 2 rings (SSSR count). The van der Waals surface area contributed by atoms with Crippen LogP contribution in [0.25, 0.3) is 10.9 Å². The molecule has 0 saturated carbocycles. The number of rotatable bonds is 8. The molecule has 3 nitrogen and oxygen atoms in total. The fourth-order valence-corrected chi connectivity index (χ4v) is 2.99. The zero-order valence-corrected chi connectivity index (χ0v) is 14.5. The van der Waals surface area contributed by atoms with Gasteiger partial charge in [0.15, 0.2) is 0 Å². The smallest absolute Gasteiger partial charge is 0.0908 e. The number of hydrogen-bond acceptors (Lipinski definition) is 3. The van der Waals surface area contributed by atoms with Crippen LogP contribution in [-0.2, 0) is 0 Å². The first-order valence-electron chi connectivity index (χ1n) is 8.17. The van der Waals surface area contributed by atoms with Crippen molar-refractivity contribution in [3.8, 4) is 0 Å². The van der Waals surface area contributed by atoms with E-state index >= 15 is 0 Å². The number of fused-ring (bicyclic) bond motifs is 1. The first-order valence-corrected chi connectivity index (χ1v) is 8.55. The van der Waals surface area contributed by atoms with Gasteiger partial charge in [0.05, 0.1) is 10.5 Å². The topological polar surface area (TPSA) is 28.2 Å². The van der Waals surface area contributed by atoms with E-state index in [2.05, 4.69) is 42.0 Å². The monoisotopic (exact) mass is 319 g/mol. The number of hydrogen-bond donors (Lipinski definition) is 1. The quantitative estimate of drug-likeness (QED) is 0.756. The Morgan fingerprint density at radius 2 is 2.00 bits per heavy atom. The molecule has 1 N–H and O–H groups in total. The number of halogens is 1. The standard InChI is InChI=1S/C18H26ClN3/c1-4-22(5-2)13-7-8-14(3)21-17-11-12-20-18-15(17)9-6-10-16(18)19/h6,9-12,14H,4-5,7-8,13H2,1-3H3,(H,20,21)/t14-/m0/s1. The lowest BCUT2D eigenvalue weighted by molar-refractivity contribution is 0.295. The molecule has 0 fully saturated rings. The highest BCUT2D eigenvalue weighted by Gasteiger charge is 2.08.